The molecule has 2 rings (SSSR count). The van der Waals surface area contributed by atoms with Crippen molar-refractivity contribution in [1.82, 2.24) is 10.9 Å². The van der Waals surface area contributed by atoms with Gasteiger partial charge in [0.1, 0.15) is 0 Å². The van der Waals surface area contributed by atoms with Crippen LogP contribution in [0, 0.1) is 0 Å². The van der Waals surface area contributed by atoms with Crippen LogP contribution in [-0.4, -0.2) is 25.0 Å². The van der Waals surface area contributed by atoms with E-state index < -0.39 is 10.0 Å². The molecule has 0 saturated carbocycles. The van der Waals surface area contributed by atoms with E-state index in [0.29, 0.717) is 11.0 Å². The van der Waals surface area contributed by atoms with E-state index in [0.717, 1.165) is 17.4 Å². The summed E-state index contributed by atoms with van der Waals surface area (Å²) < 4.78 is 28.4. The second-order valence-electron chi connectivity index (χ2n) is 5.87. The van der Waals surface area contributed by atoms with Crippen LogP contribution in [-0.2, 0) is 10.0 Å². The number of rotatable bonds is 4. The molecule has 2 aromatic carbocycles. The molecular formula is C18H22N4O2S3. The monoisotopic (exact) mass is 422 g/mol. The van der Waals surface area contributed by atoms with Gasteiger partial charge in [-0.3, -0.25) is 10.9 Å². The quantitative estimate of drug-likeness (QED) is 0.300. The standard InChI is InChI=1S/C18H22N4O2S3/c1-13(2)14-9-11-15(12-10-14)19-17(25)20-21-18(26-3)22-27(23,24)16-7-5-4-6-8-16/h4-13H,1-3H3,(H,21,22)(H2,19,20,25). The highest BCUT2D eigenvalue weighted by Gasteiger charge is 2.13. The van der Waals surface area contributed by atoms with Gasteiger partial charge in [-0.2, -0.15) is 8.42 Å². The van der Waals surface area contributed by atoms with Gasteiger partial charge in [0.2, 0.25) is 0 Å². The minimum Gasteiger partial charge on any atom is -0.331 e. The number of sulfonamides is 1. The predicted molar refractivity (Wildman–Crippen MR) is 118 cm³/mol. The van der Waals surface area contributed by atoms with Crippen LogP contribution in [0.3, 0.4) is 0 Å². The van der Waals surface area contributed by atoms with Crippen LogP contribution in [0.1, 0.15) is 25.3 Å². The highest BCUT2D eigenvalue weighted by Crippen LogP contribution is 2.17. The summed E-state index contributed by atoms with van der Waals surface area (Å²) in [5.41, 5.74) is 7.54. The van der Waals surface area contributed by atoms with Crippen molar-refractivity contribution >= 4 is 50.0 Å². The molecule has 0 atom stereocenters. The van der Waals surface area contributed by atoms with E-state index in [1.165, 1.54) is 17.7 Å². The fourth-order valence-electron chi connectivity index (χ4n) is 2.09. The fraction of sp³-hybridized carbons (Fsp3) is 0.222. The average Bonchev–Trinajstić information content (AvgIpc) is 2.66. The lowest BCUT2D eigenvalue weighted by atomic mass is 10.0. The summed E-state index contributed by atoms with van der Waals surface area (Å²) in [6.45, 7) is 4.26. The molecule has 0 fully saturated rings. The van der Waals surface area contributed by atoms with Crippen molar-refractivity contribution in [2.24, 2.45) is 4.40 Å². The van der Waals surface area contributed by atoms with Crippen molar-refractivity contribution in [2.75, 3.05) is 11.6 Å². The number of hydrogen-bond donors (Lipinski definition) is 3. The molecule has 144 valence electrons. The van der Waals surface area contributed by atoms with Crippen LogP contribution < -0.4 is 16.2 Å². The van der Waals surface area contributed by atoms with Crippen LogP contribution >= 0.6 is 24.0 Å². The molecule has 0 bridgehead atoms. The normalized spacial score (nSPS) is 11.9. The SMILES string of the molecule is CSC(=NS(=O)(=O)c1ccccc1)NNC(=S)Nc1ccc(C(C)C)cc1. The third-order valence-electron chi connectivity index (χ3n) is 3.56. The summed E-state index contributed by atoms with van der Waals surface area (Å²) in [6.07, 6.45) is 1.72. The van der Waals surface area contributed by atoms with E-state index in [1.54, 1.807) is 24.5 Å². The number of thiocarbonyl (C=S) groups is 1. The minimum atomic E-state index is -3.79. The Kier molecular flexibility index (Phi) is 7.64. The van der Waals surface area contributed by atoms with Crippen LogP contribution in [0.15, 0.2) is 63.9 Å². The first-order valence-corrected chi connectivity index (χ1v) is 11.3. The number of nitrogens with one attached hydrogen (secondary N) is 3. The van der Waals surface area contributed by atoms with E-state index in [2.05, 4.69) is 34.4 Å². The first-order valence-electron chi connectivity index (χ1n) is 8.19. The average molecular weight is 423 g/mol. The maximum absolute atomic E-state index is 12.3. The highest BCUT2D eigenvalue weighted by atomic mass is 32.2. The molecule has 0 amide bonds. The van der Waals surface area contributed by atoms with Crippen LogP contribution in [0.5, 0.6) is 0 Å². The lowest BCUT2D eigenvalue weighted by molar-refractivity contribution is 0.598. The summed E-state index contributed by atoms with van der Waals surface area (Å²) in [5.74, 6) is 0.456. The van der Waals surface area contributed by atoms with Crippen molar-refractivity contribution in [1.29, 1.82) is 0 Å². The van der Waals surface area contributed by atoms with Gasteiger partial charge in [0, 0.05) is 5.69 Å². The molecule has 2 aromatic rings. The third kappa shape index (κ3) is 6.53. The molecule has 0 aliphatic carbocycles. The zero-order valence-electron chi connectivity index (χ0n) is 15.3. The Bertz CT molecular complexity index is 896. The molecule has 27 heavy (non-hydrogen) atoms. The molecule has 3 N–H and O–H groups in total. The number of nitrogens with zero attached hydrogens (tertiary/aromatic N) is 1. The Morgan fingerprint density at radius 2 is 1.67 bits per heavy atom. The van der Waals surface area contributed by atoms with Gasteiger partial charge in [0.15, 0.2) is 10.3 Å². The van der Waals surface area contributed by atoms with Gasteiger partial charge in [-0.1, -0.05) is 55.9 Å². The van der Waals surface area contributed by atoms with E-state index in [-0.39, 0.29) is 10.1 Å². The number of hydrogen-bond acceptors (Lipinski definition) is 4. The summed E-state index contributed by atoms with van der Waals surface area (Å²) in [5, 5.41) is 3.50. The fourth-order valence-corrected chi connectivity index (χ4v) is 3.87. The predicted octanol–water partition coefficient (Wildman–Crippen LogP) is 3.71. The molecule has 0 unspecified atom stereocenters. The van der Waals surface area contributed by atoms with Gasteiger partial charge in [0.25, 0.3) is 10.0 Å². The maximum atomic E-state index is 12.3. The number of benzene rings is 2. The van der Waals surface area contributed by atoms with Crippen molar-refractivity contribution in [2.45, 2.75) is 24.7 Å². The van der Waals surface area contributed by atoms with Gasteiger partial charge in [-0.15, -0.1) is 4.40 Å². The smallest absolute Gasteiger partial charge is 0.284 e. The molecule has 0 aromatic heterocycles. The maximum Gasteiger partial charge on any atom is 0.284 e. The van der Waals surface area contributed by atoms with Crippen molar-refractivity contribution < 1.29 is 8.42 Å². The van der Waals surface area contributed by atoms with E-state index >= 15 is 0 Å². The van der Waals surface area contributed by atoms with Crippen molar-refractivity contribution in [3.8, 4) is 0 Å². The van der Waals surface area contributed by atoms with Crippen LogP contribution in [0.25, 0.3) is 0 Å². The molecule has 0 aliphatic heterocycles. The number of amidine groups is 1. The lowest BCUT2D eigenvalue weighted by Gasteiger charge is -2.13. The Balaban J connectivity index is 1.97. The second kappa shape index (κ2) is 9.72. The Morgan fingerprint density at radius 3 is 2.22 bits per heavy atom. The molecule has 0 aliphatic rings. The molecule has 9 heteroatoms. The second-order valence-corrected chi connectivity index (χ2v) is 8.68. The Labute approximate surface area is 169 Å². The number of hydrazine groups is 1. The first-order chi connectivity index (χ1) is 12.8. The Hall–Kier alpha value is -2.10. The van der Waals surface area contributed by atoms with E-state index in [1.807, 2.05) is 24.3 Å². The zero-order valence-corrected chi connectivity index (χ0v) is 17.7. The molecule has 0 saturated heterocycles. The highest BCUT2D eigenvalue weighted by molar-refractivity contribution is 8.13. The number of thioether (sulfide) groups is 1. The summed E-state index contributed by atoms with van der Waals surface area (Å²) in [7, 11) is -3.79. The van der Waals surface area contributed by atoms with Gasteiger partial charge in [-0.05, 0) is 54.2 Å². The summed E-state index contributed by atoms with van der Waals surface area (Å²) in [6, 6.07) is 16.0. The first kappa shape index (κ1) is 21.2. The largest absolute Gasteiger partial charge is 0.331 e. The van der Waals surface area contributed by atoms with Gasteiger partial charge >= 0.3 is 0 Å². The Morgan fingerprint density at radius 1 is 1.04 bits per heavy atom. The van der Waals surface area contributed by atoms with Gasteiger partial charge in [0.05, 0.1) is 4.90 Å². The molecule has 6 nitrogen and oxygen atoms in total. The van der Waals surface area contributed by atoms with Crippen LogP contribution in [0.4, 0.5) is 5.69 Å². The summed E-state index contributed by atoms with van der Waals surface area (Å²) in [4.78, 5) is 0.129. The van der Waals surface area contributed by atoms with E-state index in [4.69, 9.17) is 12.2 Å². The molecule has 0 spiro atoms. The molecule has 0 heterocycles. The molecular weight excluding hydrogens is 400 g/mol. The lowest BCUT2D eigenvalue weighted by Crippen LogP contribution is -2.42. The van der Waals surface area contributed by atoms with Gasteiger partial charge in [-0.25, -0.2) is 0 Å². The topological polar surface area (TPSA) is 82.6 Å². The van der Waals surface area contributed by atoms with Crippen molar-refractivity contribution in [3.63, 3.8) is 0 Å². The third-order valence-corrected chi connectivity index (χ3v) is 5.75. The minimum absolute atomic E-state index is 0.129. The number of anilines is 1. The van der Waals surface area contributed by atoms with E-state index in [9.17, 15) is 8.42 Å². The molecule has 0 radical (unpaired) electrons. The zero-order chi connectivity index (χ0) is 19.9. The summed E-state index contributed by atoms with van der Waals surface area (Å²) >= 11 is 6.38. The van der Waals surface area contributed by atoms with Crippen LogP contribution in [0.2, 0.25) is 0 Å². The van der Waals surface area contributed by atoms with Gasteiger partial charge < -0.3 is 5.32 Å². The van der Waals surface area contributed by atoms with Crippen molar-refractivity contribution in [3.05, 3.63) is 60.2 Å².